The SMILES string of the molecule is O=CCC[C@H]1CCNC1=O. The van der Waals surface area contributed by atoms with Gasteiger partial charge in [0, 0.05) is 18.9 Å². The maximum atomic E-state index is 10.9. The van der Waals surface area contributed by atoms with Crippen LogP contribution in [-0.2, 0) is 9.59 Å². The summed E-state index contributed by atoms with van der Waals surface area (Å²) in [6, 6.07) is 0. The number of amides is 1. The Labute approximate surface area is 59.8 Å². The van der Waals surface area contributed by atoms with Crippen LogP contribution in [0.4, 0.5) is 0 Å². The highest BCUT2D eigenvalue weighted by Gasteiger charge is 2.22. The monoisotopic (exact) mass is 141 g/mol. The van der Waals surface area contributed by atoms with Crippen molar-refractivity contribution in [1.29, 1.82) is 0 Å². The van der Waals surface area contributed by atoms with Crippen LogP contribution in [0.15, 0.2) is 0 Å². The highest BCUT2D eigenvalue weighted by atomic mass is 16.2. The van der Waals surface area contributed by atoms with E-state index in [0.29, 0.717) is 6.42 Å². The quantitative estimate of drug-likeness (QED) is 0.567. The van der Waals surface area contributed by atoms with E-state index in [9.17, 15) is 9.59 Å². The third-order valence-electron chi connectivity index (χ3n) is 1.80. The van der Waals surface area contributed by atoms with E-state index in [2.05, 4.69) is 5.32 Å². The van der Waals surface area contributed by atoms with Crippen LogP contribution in [0.1, 0.15) is 19.3 Å². The Kier molecular flexibility index (Phi) is 2.42. The predicted molar refractivity (Wildman–Crippen MR) is 36.4 cm³/mol. The zero-order valence-electron chi connectivity index (χ0n) is 5.80. The highest BCUT2D eigenvalue weighted by Crippen LogP contribution is 2.14. The van der Waals surface area contributed by atoms with Crippen molar-refractivity contribution in [1.82, 2.24) is 5.32 Å². The summed E-state index contributed by atoms with van der Waals surface area (Å²) in [5.74, 6) is 0.215. The molecule has 1 heterocycles. The van der Waals surface area contributed by atoms with Crippen LogP contribution in [0.2, 0.25) is 0 Å². The van der Waals surface area contributed by atoms with E-state index in [-0.39, 0.29) is 11.8 Å². The van der Waals surface area contributed by atoms with Gasteiger partial charge in [-0.2, -0.15) is 0 Å². The van der Waals surface area contributed by atoms with Gasteiger partial charge in [0.25, 0.3) is 0 Å². The summed E-state index contributed by atoms with van der Waals surface area (Å²) in [6.07, 6.45) is 2.99. The third kappa shape index (κ3) is 1.56. The van der Waals surface area contributed by atoms with Crippen LogP contribution >= 0.6 is 0 Å². The molecule has 0 aromatic rings. The van der Waals surface area contributed by atoms with Gasteiger partial charge in [0.05, 0.1) is 0 Å². The molecule has 0 aliphatic carbocycles. The van der Waals surface area contributed by atoms with Crippen molar-refractivity contribution in [3.63, 3.8) is 0 Å². The van der Waals surface area contributed by atoms with Gasteiger partial charge in [-0.15, -0.1) is 0 Å². The van der Waals surface area contributed by atoms with Crippen molar-refractivity contribution >= 4 is 12.2 Å². The summed E-state index contributed by atoms with van der Waals surface area (Å²) in [6.45, 7) is 0.780. The minimum absolute atomic E-state index is 0.102. The van der Waals surface area contributed by atoms with E-state index >= 15 is 0 Å². The molecule has 1 aliphatic heterocycles. The standard InChI is InChI=1S/C7H11NO2/c9-5-1-2-6-3-4-8-7(6)10/h5-6H,1-4H2,(H,8,10)/t6-/m0/s1. The lowest BCUT2D eigenvalue weighted by atomic mass is 10.0. The molecule has 3 nitrogen and oxygen atoms in total. The molecule has 0 saturated carbocycles. The molecule has 0 aromatic heterocycles. The molecule has 1 fully saturated rings. The van der Waals surface area contributed by atoms with Gasteiger partial charge < -0.3 is 10.1 Å². The number of rotatable bonds is 3. The number of aldehydes is 1. The fourth-order valence-corrected chi connectivity index (χ4v) is 1.19. The van der Waals surface area contributed by atoms with Crippen LogP contribution in [0.5, 0.6) is 0 Å². The first-order valence-electron chi connectivity index (χ1n) is 3.56. The molecule has 0 spiro atoms. The zero-order valence-corrected chi connectivity index (χ0v) is 5.80. The minimum Gasteiger partial charge on any atom is -0.356 e. The van der Waals surface area contributed by atoms with E-state index in [1.54, 1.807) is 0 Å². The van der Waals surface area contributed by atoms with Gasteiger partial charge in [0.1, 0.15) is 6.29 Å². The fourth-order valence-electron chi connectivity index (χ4n) is 1.19. The van der Waals surface area contributed by atoms with Crippen molar-refractivity contribution in [3.8, 4) is 0 Å². The fraction of sp³-hybridized carbons (Fsp3) is 0.714. The molecule has 1 aliphatic rings. The van der Waals surface area contributed by atoms with Crippen LogP contribution in [0.3, 0.4) is 0 Å². The Bertz CT molecular complexity index is 145. The van der Waals surface area contributed by atoms with Crippen molar-refractivity contribution in [2.45, 2.75) is 19.3 Å². The Hall–Kier alpha value is -0.860. The molecule has 1 rings (SSSR count). The number of hydrogen-bond donors (Lipinski definition) is 1. The summed E-state index contributed by atoms with van der Waals surface area (Å²) in [5.41, 5.74) is 0. The lowest BCUT2D eigenvalue weighted by Gasteiger charge is -2.00. The molecule has 10 heavy (non-hydrogen) atoms. The second-order valence-corrected chi connectivity index (χ2v) is 2.52. The Morgan fingerprint density at radius 3 is 3.00 bits per heavy atom. The topological polar surface area (TPSA) is 46.2 Å². The van der Waals surface area contributed by atoms with Gasteiger partial charge in [-0.25, -0.2) is 0 Å². The first-order chi connectivity index (χ1) is 4.84. The van der Waals surface area contributed by atoms with E-state index in [1.165, 1.54) is 0 Å². The van der Waals surface area contributed by atoms with E-state index in [1.807, 2.05) is 0 Å². The van der Waals surface area contributed by atoms with Gasteiger partial charge >= 0.3 is 0 Å². The smallest absolute Gasteiger partial charge is 0.223 e. The summed E-state index contributed by atoms with van der Waals surface area (Å²) in [7, 11) is 0. The number of nitrogens with one attached hydrogen (secondary N) is 1. The normalized spacial score (nSPS) is 24.4. The predicted octanol–water partition coefficient (Wildman–Crippen LogP) is 0.102. The molecule has 1 amide bonds. The van der Waals surface area contributed by atoms with Gasteiger partial charge in [-0.3, -0.25) is 4.79 Å². The average Bonchev–Trinajstić information content (AvgIpc) is 2.31. The minimum atomic E-state index is 0.102. The molecule has 0 aromatic carbocycles. The van der Waals surface area contributed by atoms with Gasteiger partial charge in [0.2, 0.25) is 5.91 Å². The molecule has 56 valence electrons. The van der Waals surface area contributed by atoms with E-state index in [4.69, 9.17) is 0 Å². The largest absolute Gasteiger partial charge is 0.356 e. The van der Waals surface area contributed by atoms with Gasteiger partial charge in [-0.05, 0) is 12.8 Å². The molecular weight excluding hydrogens is 130 g/mol. The number of carbonyl (C=O) groups excluding carboxylic acids is 2. The Morgan fingerprint density at radius 2 is 2.50 bits per heavy atom. The third-order valence-corrected chi connectivity index (χ3v) is 1.80. The van der Waals surface area contributed by atoms with Crippen molar-refractivity contribution in [2.24, 2.45) is 5.92 Å². The summed E-state index contributed by atoms with van der Waals surface area (Å²) >= 11 is 0. The van der Waals surface area contributed by atoms with Crippen molar-refractivity contribution in [3.05, 3.63) is 0 Å². The zero-order chi connectivity index (χ0) is 7.40. The second-order valence-electron chi connectivity index (χ2n) is 2.52. The van der Waals surface area contributed by atoms with Crippen molar-refractivity contribution in [2.75, 3.05) is 6.54 Å². The molecule has 0 radical (unpaired) electrons. The van der Waals surface area contributed by atoms with Crippen LogP contribution < -0.4 is 5.32 Å². The highest BCUT2D eigenvalue weighted by molar-refractivity contribution is 5.80. The van der Waals surface area contributed by atoms with E-state index in [0.717, 1.165) is 25.7 Å². The molecule has 1 N–H and O–H groups in total. The first-order valence-corrected chi connectivity index (χ1v) is 3.56. The van der Waals surface area contributed by atoms with Crippen molar-refractivity contribution < 1.29 is 9.59 Å². The lowest BCUT2D eigenvalue weighted by molar-refractivity contribution is -0.122. The van der Waals surface area contributed by atoms with Gasteiger partial charge in [-0.1, -0.05) is 0 Å². The summed E-state index contributed by atoms with van der Waals surface area (Å²) in [4.78, 5) is 20.8. The van der Waals surface area contributed by atoms with Gasteiger partial charge in [0.15, 0.2) is 0 Å². The molecule has 0 bridgehead atoms. The number of carbonyl (C=O) groups is 2. The maximum Gasteiger partial charge on any atom is 0.223 e. The van der Waals surface area contributed by atoms with Crippen LogP contribution in [0, 0.1) is 5.92 Å². The lowest BCUT2D eigenvalue weighted by Crippen LogP contribution is -2.18. The average molecular weight is 141 g/mol. The molecule has 0 unspecified atom stereocenters. The molecule has 3 heteroatoms. The van der Waals surface area contributed by atoms with Crippen LogP contribution in [-0.4, -0.2) is 18.7 Å². The maximum absolute atomic E-state index is 10.9. The summed E-state index contributed by atoms with van der Waals surface area (Å²) < 4.78 is 0. The molecule has 1 saturated heterocycles. The Balaban J connectivity index is 2.26. The molecule has 1 atom stereocenters. The molecular formula is C7H11NO2. The van der Waals surface area contributed by atoms with E-state index < -0.39 is 0 Å². The second kappa shape index (κ2) is 3.34. The van der Waals surface area contributed by atoms with Crippen LogP contribution in [0.25, 0.3) is 0 Å². The number of hydrogen-bond acceptors (Lipinski definition) is 2. The Morgan fingerprint density at radius 1 is 1.70 bits per heavy atom. The summed E-state index contributed by atoms with van der Waals surface area (Å²) in [5, 5.41) is 2.72. The first kappa shape index (κ1) is 7.25.